The van der Waals surface area contributed by atoms with E-state index in [1.54, 1.807) is 0 Å². The van der Waals surface area contributed by atoms with E-state index in [9.17, 15) is 4.79 Å². The van der Waals surface area contributed by atoms with Gasteiger partial charge in [-0.2, -0.15) is 0 Å². The summed E-state index contributed by atoms with van der Waals surface area (Å²) in [5.74, 6) is 0.584. The van der Waals surface area contributed by atoms with Crippen molar-refractivity contribution in [2.75, 3.05) is 13.1 Å². The quantitative estimate of drug-likeness (QED) is 0.855. The molecule has 1 fully saturated rings. The number of Topliss-reactive ketones (excluding diaryl/α,β-unsaturated/α-hetero) is 1. The number of carbonyl (C=O) groups is 1. The van der Waals surface area contributed by atoms with Crippen molar-refractivity contribution in [2.24, 2.45) is 5.92 Å². The first kappa shape index (κ1) is 14.0. The van der Waals surface area contributed by atoms with Crippen LogP contribution in [-0.4, -0.2) is 23.8 Å². The van der Waals surface area contributed by atoms with Gasteiger partial charge in [-0.05, 0) is 30.5 Å². The number of ketones is 1. The molecule has 1 aliphatic rings. The van der Waals surface area contributed by atoms with Gasteiger partial charge in [0, 0.05) is 12.5 Å². The third-order valence-electron chi connectivity index (χ3n) is 4.20. The van der Waals surface area contributed by atoms with Gasteiger partial charge in [0.05, 0.1) is 6.54 Å². The van der Waals surface area contributed by atoms with Gasteiger partial charge in [-0.25, -0.2) is 0 Å². The van der Waals surface area contributed by atoms with Gasteiger partial charge in [0.15, 0.2) is 0 Å². The molecule has 3 rings (SSSR count). The first-order valence-corrected chi connectivity index (χ1v) is 7.64. The van der Waals surface area contributed by atoms with E-state index in [1.807, 2.05) is 24.3 Å². The Hall–Kier alpha value is -1.93. The number of piperidine rings is 1. The largest absolute Gasteiger partial charge is 0.298 e. The maximum atomic E-state index is 12.4. The van der Waals surface area contributed by atoms with Crippen molar-refractivity contribution in [1.82, 2.24) is 4.90 Å². The molecule has 0 spiro atoms. The fraction of sp³-hybridized carbons (Fsp3) is 0.316. The average Bonchev–Trinajstić information content (AvgIpc) is 2.52. The van der Waals surface area contributed by atoms with Gasteiger partial charge in [-0.1, -0.05) is 60.7 Å². The van der Waals surface area contributed by atoms with E-state index in [-0.39, 0.29) is 5.92 Å². The van der Waals surface area contributed by atoms with Crippen LogP contribution in [-0.2, 0) is 17.8 Å². The van der Waals surface area contributed by atoms with E-state index >= 15 is 0 Å². The Morgan fingerprint density at radius 3 is 2.14 bits per heavy atom. The van der Waals surface area contributed by atoms with Crippen LogP contribution in [0.15, 0.2) is 60.7 Å². The van der Waals surface area contributed by atoms with Crippen LogP contribution in [0.5, 0.6) is 0 Å². The molecule has 1 aliphatic heterocycles. The van der Waals surface area contributed by atoms with Crippen molar-refractivity contribution in [2.45, 2.75) is 19.4 Å². The molecule has 2 nitrogen and oxygen atoms in total. The summed E-state index contributed by atoms with van der Waals surface area (Å²) in [5, 5.41) is 0. The zero-order chi connectivity index (χ0) is 14.5. The lowest BCUT2D eigenvalue weighted by molar-refractivity contribution is -0.126. The zero-order valence-corrected chi connectivity index (χ0v) is 12.2. The van der Waals surface area contributed by atoms with Crippen molar-refractivity contribution in [1.29, 1.82) is 0 Å². The highest BCUT2D eigenvalue weighted by Crippen LogP contribution is 2.20. The standard InChI is InChI=1S/C19H21NO/c21-19-15-20(14-17-9-5-2-6-10-17)12-11-18(19)13-16-7-3-1-4-8-16/h1-10,18H,11-15H2/t18-/m0/s1. The lowest BCUT2D eigenvalue weighted by Gasteiger charge is -2.31. The zero-order valence-electron chi connectivity index (χ0n) is 12.2. The molecule has 0 N–H and O–H groups in total. The lowest BCUT2D eigenvalue weighted by Crippen LogP contribution is -2.41. The smallest absolute Gasteiger partial charge is 0.150 e. The molecule has 0 saturated carbocycles. The van der Waals surface area contributed by atoms with E-state index in [1.165, 1.54) is 11.1 Å². The van der Waals surface area contributed by atoms with Crippen molar-refractivity contribution in [3.63, 3.8) is 0 Å². The maximum Gasteiger partial charge on any atom is 0.150 e. The molecule has 0 radical (unpaired) electrons. The third-order valence-corrected chi connectivity index (χ3v) is 4.20. The highest BCUT2D eigenvalue weighted by atomic mass is 16.1. The van der Waals surface area contributed by atoms with E-state index in [4.69, 9.17) is 0 Å². The molecule has 1 saturated heterocycles. The molecular formula is C19H21NO. The molecule has 2 heteroatoms. The van der Waals surface area contributed by atoms with Crippen LogP contribution < -0.4 is 0 Å². The first-order chi connectivity index (χ1) is 10.3. The summed E-state index contributed by atoms with van der Waals surface area (Å²) in [6.07, 6.45) is 1.86. The van der Waals surface area contributed by atoms with E-state index in [0.717, 1.165) is 25.9 Å². The Morgan fingerprint density at radius 1 is 0.905 bits per heavy atom. The predicted molar refractivity (Wildman–Crippen MR) is 85.0 cm³/mol. The molecule has 2 aromatic carbocycles. The number of nitrogens with zero attached hydrogens (tertiary/aromatic N) is 1. The molecule has 0 aliphatic carbocycles. The molecule has 108 valence electrons. The van der Waals surface area contributed by atoms with Crippen LogP contribution in [0.3, 0.4) is 0 Å². The minimum absolute atomic E-state index is 0.194. The van der Waals surface area contributed by atoms with Crippen LogP contribution >= 0.6 is 0 Å². The number of carbonyl (C=O) groups excluding carboxylic acids is 1. The Bertz CT molecular complexity index is 579. The Balaban J connectivity index is 1.56. The molecule has 0 unspecified atom stereocenters. The molecule has 2 aromatic rings. The van der Waals surface area contributed by atoms with Crippen molar-refractivity contribution >= 4 is 5.78 Å². The van der Waals surface area contributed by atoms with Crippen molar-refractivity contribution < 1.29 is 4.79 Å². The van der Waals surface area contributed by atoms with Gasteiger partial charge >= 0.3 is 0 Å². The van der Waals surface area contributed by atoms with E-state index in [2.05, 4.69) is 41.3 Å². The van der Waals surface area contributed by atoms with Crippen molar-refractivity contribution in [3.05, 3.63) is 71.8 Å². The normalized spacial score (nSPS) is 19.6. The Labute approximate surface area is 126 Å². The number of benzene rings is 2. The molecule has 0 bridgehead atoms. The summed E-state index contributed by atoms with van der Waals surface area (Å²) in [6, 6.07) is 20.7. The average molecular weight is 279 g/mol. The van der Waals surface area contributed by atoms with Gasteiger partial charge in [-0.3, -0.25) is 9.69 Å². The number of hydrogen-bond acceptors (Lipinski definition) is 2. The van der Waals surface area contributed by atoms with Crippen LogP contribution in [0.4, 0.5) is 0 Å². The number of hydrogen-bond donors (Lipinski definition) is 0. The van der Waals surface area contributed by atoms with E-state index < -0.39 is 0 Å². The molecule has 1 atom stereocenters. The maximum absolute atomic E-state index is 12.4. The second-order valence-electron chi connectivity index (χ2n) is 5.84. The van der Waals surface area contributed by atoms with Crippen LogP contribution in [0.2, 0.25) is 0 Å². The van der Waals surface area contributed by atoms with E-state index in [0.29, 0.717) is 12.3 Å². The van der Waals surface area contributed by atoms with Gasteiger partial charge in [0.1, 0.15) is 5.78 Å². The molecule has 0 aromatic heterocycles. The molecule has 21 heavy (non-hydrogen) atoms. The van der Waals surface area contributed by atoms with Gasteiger partial charge in [-0.15, -0.1) is 0 Å². The Morgan fingerprint density at radius 2 is 1.52 bits per heavy atom. The highest BCUT2D eigenvalue weighted by molar-refractivity contribution is 5.84. The summed E-state index contributed by atoms with van der Waals surface area (Å²) in [5.41, 5.74) is 2.55. The summed E-state index contributed by atoms with van der Waals surface area (Å²) in [4.78, 5) is 14.6. The lowest BCUT2D eigenvalue weighted by atomic mass is 9.89. The van der Waals surface area contributed by atoms with Crippen LogP contribution in [0, 0.1) is 5.92 Å². The van der Waals surface area contributed by atoms with Crippen molar-refractivity contribution in [3.8, 4) is 0 Å². The molecular weight excluding hydrogens is 258 g/mol. The third kappa shape index (κ3) is 3.79. The molecule has 0 amide bonds. The minimum Gasteiger partial charge on any atom is -0.298 e. The van der Waals surface area contributed by atoms with Crippen LogP contribution in [0.1, 0.15) is 17.5 Å². The van der Waals surface area contributed by atoms with Crippen LogP contribution in [0.25, 0.3) is 0 Å². The highest BCUT2D eigenvalue weighted by Gasteiger charge is 2.26. The first-order valence-electron chi connectivity index (χ1n) is 7.64. The summed E-state index contributed by atoms with van der Waals surface area (Å²) in [6.45, 7) is 2.48. The van der Waals surface area contributed by atoms with Gasteiger partial charge in [0.25, 0.3) is 0 Å². The fourth-order valence-electron chi connectivity index (χ4n) is 3.02. The second kappa shape index (κ2) is 6.68. The molecule has 1 heterocycles. The minimum atomic E-state index is 0.194. The number of rotatable bonds is 4. The predicted octanol–water partition coefficient (Wildman–Crippen LogP) is 3.32. The summed E-state index contributed by atoms with van der Waals surface area (Å²) >= 11 is 0. The SMILES string of the molecule is O=C1CN(Cc2ccccc2)CC[C@H]1Cc1ccccc1. The summed E-state index contributed by atoms with van der Waals surface area (Å²) < 4.78 is 0. The monoisotopic (exact) mass is 279 g/mol. The number of likely N-dealkylation sites (tertiary alicyclic amines) is 1. The summed E-state index contributed by atoms with van der Waals surface area (Å²) in [7, 11) is 0. The van der Waals surface area contributed by atoms with Gasteiger partial charge in [0.2, 0.25) is 0 Å². The Kier molecular flexibility index (Phi) is 4.46. The fourth-order valence-corrected chi connectivity index (χ4v) is 3.02. The second-order valence-corrected chi connectivity index (χ2v) is 5.84. The van der Waals surface area contributed by atoms with Gasteiger partial charge < -0.3 is 0 Å². The topological polar surface area (TPSA) is 20.3 Å².